The van der Waals surface area contributed by atoms with Crippen LogP contribution in [0.2, 0.25) is 0 Å². The minimum atomic E-state index is 0.138. The number of hydrogen-bond acceptors (Lipinski definition) is 1. The summed E-state index contributed by atoms with van der Waals surface area (Å²) >= 11 is 3.69. The second-order valence-electron chi connectivity index (χ2n) is 5.15. The first-order chi connectivity index (χ1) is 8.56. The highest BCUT2D eigenvalue weighted by atomic mass is 79.9. The molecule has 2 rings (SSSR count). The summed E-state index contributed by atoms with van der Waals surface area (Å²) in [6.07, 6.45) is 1.13. The molecule has 0 bridgehead atoms. The summed E-state index contributed by atoms with van der Waals surface area (Å²) in [4.78, 5) is 0.138. The predicted octanol–water partition coefficient (Wildman–Crippen LogP) is 5.27. The lowest BCUT2D eigenvalue weighted by Crippen LogP contribution is -1.95. The number of rotatable bonds is 4. The summed E-state index contributed by atoms with van der Waals surface area (Å²) in [6, 6.07) is 12.8. The summed E-state index contributed by atoms with van der Waals surface area (Å²) in [5.41, 5.74) is 2.63. The van der Waals surface area contributed by atoms with E-state index in [2.05, 4.69) is 54.0 Å². The van der Waals surface area contributed by atoms with Crippen LogP contribution in [0.1, 0.15) is 41.3 Å². The van der Waals surface area contributed by atoms with E-state index in [1.54, 1.807) is 0 Å². The first kappa shape index (κ1) is 13.4. The summed E-state index contributed by atoms with van der Waals surface area (Å²) in [6.45, 7) is 6.45. The first-order valence-corrected chi connectivity index (χ1v) is 7.27. The van der Waals surface area contributed by atoms with Gasteiger partial charge in [-0.2, -0.15) is 0 Å². The van der Waals surface area contributed by atoms with Crippen LogP contribution in [0.5, 0.6) is 0 Å². The lowest BCUT2D eigenvalue weighted by Gasteiger charge is -2.09. The molecule has 0 fully saturated rings. The molecule has 96 valence electrons. The Balaban J connectivity index is 2.14. The van der Waals surface area contributed by atoms with Gasteiger partial charge in [0.2, 0.25) is 0 Å². The molecule has 0 spiro atoms. The molecule has 0 aliphatic heterocycles. The van der Waals surface area contributed by atoms with Crippen LogP contribution in [0.3, 0.4) is 0 Å². The fourth-order valence-corrected chi connectivity index (χ4v) is 2.60. The maximum absolute atomic E-state index is 5.65. The monoisotopic (exact) mass is 306 g/mol. The molecule has 1 aromatic carbocycles. The highest BCUT2D eigenvalue weighted by Crippen LogP contribution is 2.32. The van der Waals surface area contributed by atoms with Crippen molar-refractivity contribution < 1.29 is 4.42 Å². The predicted molar refractivity (Wildman–Crippen MR) is 79.2 cm³/mol. The standard InChI is InChI=1S/C16H19BrO/c1-11(2)10-13-5-7-14(8-6-13)16(17)15-9-4-12(3)18-15/h4-9,11,16H,10H2,1-3H3. The van der Waals surface area contributed by atoms with Crippen LogP contribution < -0.4 is 0 Å². The van der Waals surface area contributed by atoms with E-state index in [9.17, 15) is 0 Å². The second kappa shape index (κ2) is 5.75. The lowest BCUT2D eigenvalue weighted by molar-refractivity contribution is 0.492. The van der Waals surface area contributed by atoms with E-state index in [0.717, 1.165) is 17.9 Å². The van der Waals surface area contributed by atoms with E-state index in [-0.39, 0.29) is 4.83 Å². The van der Waals surface area contributed by atoms with E-state index in [4.69, 9.17) is 4.42 Å². The molecule has 0 radical (unpaired) electrons. The van der Waals surface area contributed by atoms with Gasteiger partial charge in [-0.25, -0.2) is 0 Å². The van der Waals surface area contributed by atoms with Gasteiger partial charge in [-0.3, -0.25) is 0 Å². The highest BCUT2D eigenvalue weighted by molar-refractivity contribution is 9.09. The molecule has 0 N–H and O–H groups in total. The van der Waals surface area contributed by atoms with Gasteiger partial charge in [0, 0.05) is 0 Å². The average Bonchev–Trinajstić information content (AvgIpc) is 2.75. The molecule has 2 heteroatoms. The van der Waals surface area contributed by atoms with Crippen molar-refractivity contribution in [2.75, 3.05) is 0 Å². The molecule has 0 aliphatic carbocycles. The molecule has 0 aliphatic rings. The average molecular weight is 307 g/mol. The zero-order chi connectivity index (χ0) is 13.1. The molecule has 0 saturated heterocycles. The summed E-state index contributed by atoms with van der Waals surface area (Å²) < 4.78 is 5.65. The minimum Gasteiger partial charge on any atom is -0.465 e. The normalized spacial score (nSPS) is 12.9. The largest absolute Gasteiger partial charge is 0.465 e. The van der Waals surface area contributed by atoms with Crippen LogP contribution in [-0.2, 0) is 6.42 Å². The Bertz CT molecular complexity index is 496. The number of aryl methyl sites for hydroxylation is 1. The molecule has 1 aromatic heterocycles. The van der Waals surface area contributed by atoms with Crippen molar-refractivity contribution in [3.8, 4) is 0 Å². The molecule has 1 heterocycles. The van der Waals surface area contributed by atoms with Crippen molar-refractivity contribution in [2.45, 2.75) is 32.0 Å². The third kappa shape index (κ3) is 3.26. The molecule has 2 aromatic rings. The number of furan rings is 1. The van der Waals surface area contributed by atoms with Crippen LogP contribution in [-0.4, -0.2) is 0 Å². The van der Waals surface area contributed by atoms with E-state index in [0.29, 0.717) is 5.92 Å². The SMILES string of the molecule is Cc1ccc(C(Br)c2ccc(CC(C)C)cc2)o1. The summed E-state index contributed by atoms with van der Waals surface area (Å²) in [7, 11) is 0. The Morgan fingerprint density at radius 3 is 2.22 bits per heavy atom. The van der Waals surface area contributed by atoms with Gasteiger partial charge in [-0.05, 0) is 42.5 Å². The molecule has 0 amide bonds. The van der Waals surface area contributed by atoms with Gasteiger partial charge in [0.1, 0.15) is 11.5 Å². The van der Waals surface area contributed by atoms with Gasteiger partial charge in [-0.1, -0.05) is 54.0 Å². The van der Waals surface area contributed by atoms with Gasteiger partial charge < -0.3 is 4.42 Å². The second-order valence-corrected chi connectivity index (χ2v) is 6.07. The minimum absolute atomic E-state index is 0.138. The molecular formula is C16H19BrO. The third-order valence-electron chi connectivity index (χ3n) is 2.93. The zero-order valence-electron chi connectivity index (χ0n) is 11.1. The van der Waals surface area contributed by atoms with Crippen LogP contribution in [0.15, 0.2) is 40.8 Å². The van der Waals surface area contributed by atoms with Crippen LogP contribution in [0.25, 0.3) is 0 Å². The molecule has 1 unspecified atom stereocenters. The van der Waals surface area contributed by atoms with E-state index >= 15 is 0 Å². The topological polar surface area (TPSA) is 13.1 Å². The Morgan fingerprint density at radius 1 is 1.06 bits per heavy atom. The zero-order valence-corrected chi connectivity index (χ0v) is 12.7. The smallest absolute Gasteiger partial charge is 0.122 e. The van der Waals surface area contributed by atoms with Gasteiger partial charge >= 0.3 is 0 Å². The van der Waals surface area contributed by atoms with Gasteiger partial charge in [0.25, 0.3) is 0 Å². The van der Waals surface area contributed by atoms with E-state index in [1.165, 1.54) is 11.1 Å². The van der Waals surface area contributed by atoms with Gasteiger partial charge in [-0.15, -0.1) is 0 Å². The number of benzene rings is 1. The lowest BCUT2D eigenvalue weighted by atomic mass is 10.0. The van der Waals surface area contributed by atoms with Crippen LogP contribution in [0.4, 0.5) is 0 Å². The summed E-state index contributed by atoms with van der Waals surface area (Å²) in [5.74, 6) is 2.61. The Labute approximate surface area is 117 Å². The van der Waals surface area contributed by atoms with Crippen molar-refractivity contribution in [3.05, 3.63) is 59.0 Å². The summed E-state index contributed by atoms with van der Waals surface area (Å²) in [5, 5.41) is 0. The fourth-order valence-electron chi connectivity index (χ4n) is 2.05. The van der Waals surface area contributed by atoms with Gasteiger partial charge in [0.15, 0.2) is 0 Å². The third-order valence-corrected chi connectivity index (χ3v) is 3.91. The number of halogens is 1. The van der Waals surface area contributed by atoms with Crippen molar-refractivity contribution in [1.82, 2.24) is 0 Å². The number of hydrogen-bond donors (Lipinski definition) is 0. The van der Waals surface area contributed by atoms with Crippen LogP contribution in [0, 0.1) is 12.8 Å². The Morgan fingerprint density at radius 2 is 1.72 bits per heavy atom. The number of alkyl halides is 1. The molecular weight excluding hydrogens is 288 g/mol. The fraction of sp³-hybridized carbons (Fsp3) is 0.375. The van der Waals surface area contributed by atoms with Crippen molar-refractivity contribution in [1.29, 1.82) is 0 Å². The van der Waals surface area contributed by atoms with Crippen molar-refractivity contribution in [3.63, 3.8) is 0 Å². The van der Waals surface area contributed by atoms with E-state index < -0.39 is 0 Å². The van der Waals surface area contributed by atoms with Crippen LogP contribution >= 0.6 is 15.9 Å². The first-order valence-electron chi connectivity index (χ1n) is 6.35. The molecule has 0 saturated carbocycles. The Hall–Kier alpha value is -1.02. The van der Waals surface area contributed by atoms with Crippen molar-refractivity contribution in [2.24, 2.45) is 5.92 Å². The maximum Gasteiger partial charge on any atom is 0.122 e. The molecule has 1 nitrogen and oxygen atoms in total. The van der Waals surface area contributed by atoms with Gasteiger partial charge in [0.05, 0.1) is 4.83 Å². The highest BCUT2D eigenvalue weighted by Gasteiger charge is 2.13. The molecule has 1 atom stereocenters. The van der Waals surface area contributed by atoms with E-state index in [1.807, 2.05) is 19.1 Å². The Kier molecular flexibility index (Phi) is 4.28. The molecule has 18 heavy (non-hydrogen) atoms. The van der Waals surface area contributed by atoms with Crippen molar-refractivity contribution >= 4 is 15.9 Å². The maximum atomic E-state index is 5.65. The quantitative estimate of drug-likeness (QED) is 0.701.